The molecule has 23 heavy (non-hydrogen) atoms. The maximum absolute atomic E-state index is 12.3. The smallest absolute Gasteiger partial charge is 0.323 e. The minimum Gasteiger partial charge on any atom is -0.463 e. The topological polar surface area (TPSA) is 58.6 Å². The molecule has 2 saturated heterocycles. The van der Waals surface area contributed by atoms with E-state index in [1.54, 1.807) is 6.07 Å². The van der Waals surface area contributed by atoms with Gasteiger partial charge >= 0.3 is 5.97 Å². The number of benzene rings is 1. The standard InChI is InChI=1S/C17H21ClN2O3/c1-11-5-6-12(8-14(11)18)19-16(21)9-15-17(22)23-10-13-4-2-3-7-20(13)15/h5-6,8,13,15H,2-4,7,9-10H2,1H3,(H,19,21)/t13-,15-/m1/s1. The van der Waals surface area contributed by atoms with E-state index >= 15 is 0 Å². The predicted molar refractivity (Wildman–Crippen MR) is 88.5 cm³/mol. The summed E-state index contributed by atoms with van der Waals surface area (Å²) in [6.07, 6.45) is 3.36. The van der Waals surface area contributed by atoms with E-state index in [0.29, 0.717) is 17.3 Å². The van der Waals surface area contributed by atoms with E-state index in [9.17, 15) is 9.59 Å². The number of anilines is 1. The third-order valence-electron chi connectivity index (χ3n) is 4.60. The minimum atomic E-state index is -0.477. The number of carbonyl (C=O) groups excluding carboxylic acids is 2. The highest BCUT2D eigenvalue weighted by Crippen LogP contribution is 2.26. The Kier molecular flexibility index (Phi) is 4.87. The number of piperidine rings is 1. The molecule has 0 spiro atoms. The summed E-state index contributed by atoms with van der Waals surface area (Å²) in [5, 5.41) is 3.42. The number of ether oxygens (including phenoxy) is 1. The molecule has 0 aromatic heterocycles. The fraction of sp³-hybridized carbons (Fsp3) is 0.529. The Morgan fingerprint density at radius 1 is 1.43 bits per heavy atom. The zero-order valence-corrected chi connectivity index (χ0v) is 13.9. The number of amides is 1. The molecule has 0 saturated carbocycles. The van der Waals surface area contributed by atoms with Crippen LogP contribution in [0.2, 0.25) is 5.02 Å². The van der Waals surface area contributed by atoms with Crippen molar-refractivity contribution in [3.8, 4) is 0 Å². The number of aryl methyl sites for hydroxylation is 1. The van der Waals surface area contributed by atoms with Crippen LogP contribution in [0.3, 0.4) is 0 Å². The zero-order valence-electron chi connectivity index (χ0n) is 13.2. The van der Waals surface area contributed by atoms with Crippen molar-refractivity contribution < 1.29 is 14.3 Å². The first-order valence-electron chi connectivity index (χ1n) is 8.03. The van der Waals surface area contributed by atoms with Crippen molar-refractivity contribution in [3.05, 3.63) is 28.8 Å². The normalized spacial score (nSPS) is 24.7. The fourth-order valence-electron chi connectivity index (χ4n) is 3.28. The maximum Gasteiger partial charge on any atom is 0.323 e. The summed E-state index contributed by atoms with van der Waals surface area (Å²) >= 11 is 6.07. The molecule has 2 aliphatic heterocycles. The highest BCUT2D eigenvalue weighted by molar-refractivity contribution is 6.31. The van der Waals surface area contributed by atoms with E-state index in [4.69, 9.17) is 16.3 Å². The molecule has 124 valence electrons. The highest BCUT2D eigenvalue weighted by atomic mass is 35.5. The van der Waals surface area contributed by atoms with E-state index in [1.165, 1.54) is 0 Å². The molecule has 3 rings (SSSR count). The van der Waals surface area contributed by atoms with Crippen LogP contribution in [0.4, 0.5) is 5.69 Å². The van der Waals surface area contributed by atoms with Gasteiger partial charge in [0.25, 0.3) is 0 Å². The van der Waals surface area contributed by atoms with Gasteiger partial charge in [0.2, 0.25) is 5.91 Å². The molecule has 1 amide bonds. The number of fused-ring (bicyclic) bond motifs is 1. The van der Waals surface area contributed by atoms with Crippen LogP contribution < -0.4 is 5.32 Å². The summed E-state index contributed by atoms with van der Waals surface area (Å²) < 4.78 is 5.26. The van der Waals surface area contributed by atoms with E-state index in [0.717, 1.165) is 31.4 Å². The fourth-order valence-corrected chi connectivity index (χ4v) is 3.46. The highest BCUT2D eigenvalue weighted by Gasteiger charge is 2.40. The lowest BCUT2D eigenvalue weighted by Crippen LogP contribution is -2.57. The molecule has 0 unspecified atom stereocenters. The molecule has 6 heteroatoms. The van der Waals surface area contributed by atoms with Crippen molar-refractivity contribution in [3.63, 3.8) is 0 Å². The van der Waals surface area contributed by atoms with E-state index in [2.05, 4.69) is 10.2 Å². The van der Waals surface area contributed by atoms with Gasteiger partial charge in [-0.25, -0.2) is 0 Å². The number of halogens is 1. The lowest BCUT2D eigenvalue weighted by Gasteiger charge is -2.43. The average molecular weight is 337 g/mol. The third-order valence-corrected chi connectivity index (χ3v) is 5.00. The number of cyclic esters (lactones) is 1. The number of esters is 1. The largest absolute Gasteiger partial charge is 0.463 e. The van der Waals surface area contributed by atoms with Gasteiger partial charge in [-0.2, -0.15) is 0 Å². The van der Waals surface area contributed by atoms with Crippen LogP contribution >= 0.6 is 11.6 Å². The Balaban J connectivity index is 1.65. The summed E-state index contributed by atoms with van der Waals surface area (Å²) in [4.78, 5) is 26.5. The van der Waals surface area contributed by atoms with Crippen molar-refractivity contribution in [2.24, 2.45) is 0 Å². The quantitative estimate of drug-likeness (QED) is 0.862. The van der Waals surface area contributed by atoms with Crippen molar-refractivity contribution >= 4 is 29.2 Å². The number of hydrogen-bond acceptors (Lipinski definition) is 4. The Hall–Kier alpha value is -1.59. The van der Waals surface area contributed by atoms with Crippen LogP contribution in [-0.2, 0) is 14.3 Å². The van der Waals surface area contributed by atoms with E-state index < -0.39 is 6.04 Å². The molecular weight excluding hydrogens is 316 g/mol. The third kappa shape index (κ3) is 3.67. The second-order valence-corrected chi connectivity index (χ2v) is 6.66. The summed E-state index contributed by atoms with van der Waals surface area (Å²) in [5.74, 6) is -0.488. The predicted octanol–water partition coefficient (Wildman–Crippen LogP) is 2.76. The number of nitrogens with zero attached hydrogens (tertiary/aromatic N) is 1. The summed E-state index contributed by atoms with van der Waals surface area (Å²) in [5.41, 5.74) is 1.60. The molecule has 2 aliphatic rings. The van der Waals surface area contributed by atoms with Gasteiger partial charge in [-0.3, -0.25) is 14.5 Å². The molecule has 0 aliphatic carbocycles. The zero-order chi connectivity index (χ0) is 16.4. The summed E-state index contributed by atoms with van der Waals surface area (Å²) in [6.45, 7) is 3.21. The van der Waals surface area contributed by atoms with E-state index in [-0.39, 0.29) is 24.3 Å². The molecule has 2 heterocycles. The van der Waals surface area contributed by atoms with Crippen LogP contribution in [-0.4, -0.2) is 42.0 Å². The van der Waals surface area contributed by atoms with Crippen LogP contribution in [0.5, 0.6) is 0 Å². The van der Waals surface area contributed by atoms with Crippen molar-refractivity contribution in [1.82, 2.24) is 4.90 Å². The SMILES string of the molecule is Cc1ccc(NC(=O)C[C@@H]2C(=O)OC[C@H]3CCCCN32)cc1Cl. The van der Waals surface area contributed by atoms with Crippen LogP contribution in [0.15, 0.2) is 18.2 Å². The van der Waals surface area contributed by atoms with Gasteiger partial charge in [0.05, 0.1) is 6.42 Å². The lowest BCUT2D eigenvalue weighted by molar-refractivity contribution is -0.165. The first-order valence-corrected chi connectivity index (χ1v) is 8.41. The van der Waals surface area contributed by atoms with Gasteiger partial charge < -0.3 is 10.1 Å². The monoisotopic (exact) mass is 336 g/mol. The molecule has 0 bridgehead atoms. The lowest BCUT2D eigenvalue weighted by atomic mass is 9.97. The van der Waals surface area contributed by atoms with Crippen LogP contribution in [0.25, 0.3) is 0 Å². The number of nitrogens with one attached hydrogen (secondary N) is 1. The second kappa shape index (κ2) is 6.89. The Morgan fingerprint density at radius 3 is 3.04 bits per heavy atom. The number of hydrogen-bond donors (Lipinski definition) is 1. The number of morpholine rings is 1. The van der Waals surface area contributed by atoms with Crippen molar-refractivity contribution in [1.29, 1.82) is 0 Å². The van der Waals surface area contributed by atoms with Crippen LogP contribution in [0.1, 0.15) is 31.2 Å². The molecule has 0 radical (unpaired) electrons. The number of rotatable bonds is 3. The summed E-state index contributed by atoms with van der Waals surface area (Å²) in [7, 11) is 0. The maximum atomic E-state index is 12.3. The van der Waals surface area contributed by atoms with Gasteiger partial charge in [-0.15, -0.1) is 0 Å². The second-order valence-electron chi connectivity index (χ2n) is 6.25. The van der Waals surface area contributed by atoms with Gasteiger partial charge in [0.1, 0.15) is 12.6 Å². The Labute approximate surface area is 140 Å². The molecule has 1 aromatic rings. The van der Waals surface area contributed by atoms with Crippen molar-refractivity contribution in [2.75, 3.05) is 18.5 Å². The van der Waals surface area contributed by atoms with Crippen molar-refractivity contribution in [2.45, 2.75) is 44.7 Å². The molecular formula is C17H21ClN2O3. The Morgan fingerprint density at radius 2 is 2.26 bits per heavy atom. The number of carbonyl (C=O) groups is 2. The molecule has 2 fully saturated rings. The molecule has 2 atom stereocenters. The van der Waals surface area contributed by atoms with Gasteiger partial charge in [0, 0.05) is 16.8 Å². The molecule has 1 aromatic carbocycles. The molecule has 1 N–H and O–H groups in total. The Bertz CT molecular complexity index is 620. The summed E-state index contributed by atoms with van der Waals surface area (Å²) in [6, 6.07) is 5.16. The van der Waals surface area contributed by atoms with Gasteiger partial charge in [-0.1, -0.05) is 24.1 Å². The van der Waals surface area contributed by atoms with Gasteiger partial charge in [0.15, 0.2) is 0 Å². The first kappa shape index (κ1) is 16.3. The minimum absolute atomic E-state index is 0.112. The first-order chi connectivity index (χ1) is 11.0. The van der Waals surface area contributed by atoms with E-state index in [1.807, 2.05) is 19.1 Å². The van der Waals surface area contributed by atoms with Crippen LogP contribution in [0, 0.1) is 6.92 Å². The average Bonchev–Trinajstić information content (AvgIpc) is 2.54. The molecule has 5 nitrogen and oxygen atoms in total. The van der Waals surface area contributed by atoms with Gasteiger partial charge in [-0.05, 0) is 44.0 Å².